The minimum Gasteiger partial charge on any atom is -0.388 e. The first-order valence-corrected chi connectivity index (χ1v) is 10.3. The first kappa shape index (κ1) is 17.8. The highest BCUT2D eigenvalue weighted by atomic mass is 16.5. The summed E-state index contributed by atoms with van der Waals surface area (Å²) in [6, 6.07) is 13.0. The highest BCUT2D eigenvalue weighted by Gasteiger charge is 2.43. The van der Waals surface area contributed by atoms with E-state index in [2.05, 4.69) is 5.32 Å². The van der Waals surface area contributed by atoms with Crippen LogP contribution in [0.4, 0.5) is 5.69 Å². The van der Waals surface area contributed by atoms with Crippen LogP contribution in [0.15, 0.2) is 42.5 Å². The Morgan fingerprint density at radius 3 is 2.57 bits per heavy atom. The van der Waals surface area contributed by atoms with Crippen LogP contribution in [0.25, 0.3) is 10.8 Å². The summed E-state index contributed by atoms with van der Waals surface area (Å²) in [7, 11) is 0. The minimum atomic E-state index is -0.667. The van der Waals surface area contributed by atoms with Crippen molar-refractivity contribution in [1.82, 2.24) is 0 Å². The van der Waals surface area contributed by atoms with Gasteiger partial charge < -0.3 is 15.2 Å². The summed E-state index contributed by atoms with van der Waals surface area (Å²) in [5.74, 6) is -0.293. The molecule has 3 aliphatic rings. The van der Waals surface area contributed by atoms with Crippen molar-refractivity contribution in [3.05, 3.63) is 75.8 Å². The molecule has 4 atom stereocenters. The summed E-state index contributed by atoms with van der Waals surface area (Å²) in [4.78, 5) is 27.1. The third-order valence-electron chi connectivity index (χ3n) is 6.77. The van der Waals surface area contributed by atoms with E-state index in [1.54, 1.807) is 12.1 Å². The van der Waals surface area contributed by atoms with Crippen LogP contribution in [0.5, 0.6) is 0 Å². The first-order chi connectivity index (χ1) is 14.4. The second kappa shape index (κ2) is 6.00. The third-order valence-corrected chi connectivity index (χ3v) is 6.77. The lowest BCUT2D eigenvalue weighted by Gasteiger charge is -2.44. The molecule has 3 aromatic rings. The van der Waals surface area contributed by atoms with E-state index in [0.717, 1.165) is 21.9 Å². The standard InChI is InChI=1S/C25H21NO4/c1-11-3-5-14-13(9-11)4-6-16-20(14)24(28)17-8-7-15-19-10-18(23(27)12(2)30-19)26-22(15)21(17)25(16)29/h3-9,12,18-19,23,26-27H,10H2,1-2H3/t12-,18-,19-,23-/m0/s1. The number of ether oxygens (including phenoxy) is 1. The van der Waals surface area contributed by atoms with E-state index in [-0.39, 0.29) is 29.8 Å². The Balaban J connectivity index is 1.57. The predicted octanol–water partition coefficient (Wildman–Crippen LogP) is 3.93. The van der Waals surface area contributed by atoms with Crippen LogP contribution in [0.3, 0.4) is 0 Å². The summed E-state index contributed by atoms with van der Waals surface area (Å²) in [6.45, 7) is 3.86. The van der Waals surface area contributed by atoms with Crippen molar-refractivity contribution in [1.29, 1.82) is 0 Å². The van der Waals surface area contributed by atoms with Gasteiger partial charge >= 0.3 is 0 Å². The number of hydrogen-bond donors (Lipinski definition) is 2. The maximum absolute atomic E-state index is 13.6. The number of nitrogens with one attached hydrogen (secondary N) is 1. The van der Waals surface area contributed by atoms with Gasteiger partial charge in [0.05, 0.1) is 29.5 Å². The molecular weight excluding hydrogens is 378 g/mol. The molecule has 2 bridgehead atoms. The van der Waals surface area contributed by atoms with Gasteiger partial charge in [0, 0.05) is 28.7 Å². The van der Waals surface area contributed by atoms with Crippen molar-refractivity contribution in [3.63, 3.8) is 0 Å². The fourth-order valence-electron chi connectivity index (χ4n) is 5.24. The Morgan fingerprint density at radius 1 is 1.00 bits per heavy atom. The van der Waals surface area contributed by atoms with E-state index in [1.807, 2.05) is 44.2 Å². The number of aryl methyl sites for hydroxylation is 1. The van der Waals surface area contributed by atoms with Gasteiger partial charge in [-0.15, -0.1) is 0 Å². The molecule has 0 spiro atoms. The Kier molecular flexibility index (Phi) is 3.56. The lowest BCUT2D eigenvalue weighted by Crippen LogP contribution is -2.50. The fraction of sp³-hybridized carbons (Fsp3) is 0.280. The summed E-state index contributed by atoms with van der Waals surface area (Å²) in [5, 5.41) is 15.6. The van der Waals surface area contributed by atoms with Gasteiger partial charge in [-0.25, -0.2) is 0 Å². The maximum atomic E-state index is 13.6. The normalized spacial score (nSPS) is 26.6. The summed E-state index contributed by atoms with van der Waals surface area (Å²) < 4.78 is 6.00. The van der Waals surface area contributed by atoms with Crippen molar-refractivity contribution >= 4 is 28.0 Å². The molecule has 1 saturated heterocycles. The molecule has 2 aliphatic heterocycles. The van der Waals surface area contributed by atoms with E-state index in [4.69, 9.17) is 4.74 Å². The Labute approximate surface area is 173 Å². The van der Waals surface area contributed by atoms with Gasteiger partial charge in [-0.3, -0.25) is 9.59 Å². The number of benzene rings is 3. The average molecular weight is 399 g/mol. The molecular formula is C25H21NO4. The number of aliphatic hydroxyl groups is 1. The molecule has 0 amide bonds. The molecule has 6 rings (SSSR count). The van der Waals surface area contributed by atoms with Crippen LogP contribution in [-0.2, 0) is 4.74 Å². The zero-order chi connectivity index (χ0) is 20.7. The van der Waals surface area contributed by atoms with E-state index < -0.39 is 6.10 Å². The van der Waals surface area contributed by atoms with Gasteiger partial charge in [-0.05, 0) is 36.8 Å². The van der Waals surface area contributed by atoms with Crippen molar-refractivity contribution in [2.75, 3.05) is 5.32 Å². The van der Waals surface area contributed by atoms with Gasteiger partial charge in [0.1, 0.15) is 6.10 Å². The molecule has 0 radical (unpaired) electrons. The number of fused-ring (bicyclic) bond motifs is 9. The van der Waals surface area contributed by atoms with Crippen LogP contribution in [-0.4, -0.2) is 34.9 Å². The zero-order valence-electron chi connectivity index (χ0n) is 16.7. The fourth-order valence-corrected chi connectivity index (χ4v) is 5.24. The average Bonchev–Trinajstić information content (AvgIpc) is 2.74. The largest absolute Gasteiger partial charge is 0.388 e. The lowest BCUT2D eigenvalue weighted by atomic mass is 9.77. The number of hydrogen-bond acceptors (Lipinski definition) is 5. The van der Waals surface area contributed by atoms with Crippen molar-refractivity contribution in [3.8, 4) is 0 Å². The molecule has 30 heavy (non-hydrogen) atoms. The molecule has 5 heteroatoms. The molecule has 2 heterocycles. The SMILES string of the molecule is Cc1ccc2c3c(ccc2c1)C(=O)c1c(ccc2c1N[C@H]1C[C@@H]2O[C@@H](C)[C@@H]1O)C3=O. The highest BCUT2D eigenvalue weighted by molar-refractivity contribution is 6.33. The minimum absolute atomic E-state index is 0.135. The molecule has 150 valence electrons. The predicted molar refractivity (Wildman–Crippen MR) is 113 cm³/mol. The van der Waals surface area contributed by atoms with E-state index >= 15 is 0 Å². The van der Waals surface area contributed by atoms with Gasteiger partial charge in [0.15, 0.2) is 11.6 Å². The number of rotatable bonds is 0. The smallest absolute Gasteiger partial charge is 0.196 e. The molecule has 1 fully saturated rings. The van der Waals surface area contributed by atoms with E-state index in [9.17, 15) is 14.7 Å². The first-order valence-electron chi connectivity index (χ1n) is 10.3. The summed E-state index contributed by atoms with van der Waals surface area (Å²) in [6.07, 6.45) is -0.517. The summed E-state index contributed by atoms with van der Waals surface area (Å²) in [5.41, 5.74) is 4.34. The van der Waals surface area contributed by atoms with Crippen LogP contribution < -0.4 is 5.32 Å². The summed E-state index contributed by atoms with van der Waals surface area (Å²) >= 11 is 0. The molecule has 3 aromatic carbocycles. The van der Waals surface area contributed by atoms with Crippen LogP contribution in [0.2, 0.25) is 0 Å². The lowest BCUT2D eigenvalue weighted by molar-refractivity contribution is -0.119. The number of carbonyl (C=O) groups excluding carboxylic acids is 2. The number of ketones is 2. The Morgan fingerprint density at radius 2 is 1.73 bits per heavy atom. The van der Waals surface area contributed by atoms with Crippen LogP contribution in [0, 0.1) is 6.92 Å². The monoisotopic (exact) mass is 399 g/mol. The maximum Gasteiger partial charge on any atom is 0.196 e. The van der Waals surface area contributed by atoms with Gasteiger partial charge in [-0.1, -0.05) is 35.9 Å². The number of aliphatic hydroxyl groups excluding tert-OH is 1. The number of carbonyl (C=O) groups is 2. The van der Waals surface area contributed by atoms with Crippen LogP contribution in [0.1, 0.15) is 62.4 Å². The van der Waals surface area contributed by atoms with E-state index in [0.29, 0.717) is 34.4 Å². The van der Waals surface area contributed by atoms with Crippen molar-refractivity contribution in [2.45, 2.75) is 44.6 Å². The van der Waals surface area contributed by atoms with Gasteiger partial charge in [0.2, 0.25) is 0 Å². The number of anilines is 1. The molecule has 1 aliphatic carbocycles. The molecule has 0 saturated carbocycles. The van der Waals surface area contributed by atoms with Crippen molar-refractivity contribution in [2.24, 2.45) is 0 Å². The molecule has 0 aromatic heterocycles. The Hall–Kier alpha value is -3.02. The van der Waals surface area contributed by atoms with Crippen molar-refractivity contribution < 1.29 is 19.4 Å². The van der Waals surface area contributed by atoms with Crippen LogP contribution >= 0.6 is 0 Å². The zero-order valence-corrected chi connectivity index (χ0v) is 16.7. The van der Waals surface area contributed by atoms with E-state index in [1.165, 1.54) is 0 Å². The second-order valence-electron chi connectivity index (χ2n) is 8.63. The topological polar surface area (TPSA) is 75.6 Å². The van der Waals surface area contributed by atoms with Gasteiger partial charge in [-0.2, -0.15) is 0 Å². The second-order valence-corrected chi connectivity index (χ2v) is 8.63. The Bertz CT molecular complexity index is 1280. The van der Waals surface area contributed by atoms with Gasteiger partial charge in [0.25, 0.3) is 0 Å². The molecule has 5 nitrogen and oxygen atoms in total. The molecule has 0 unspecified atom stereocenters. The molecule has 2 N–H and O–H groups in total. The quantitative estimate of drug-likeness (QED) is 0.469. The third kappa shape index (κ3) is 2.25. The highest BCUT2D eigenvalue weighted by Crippen LogP contribution is 2.46.